The second-order valence-corrected chi connectivity index (χ2v) is 9.10. The van der Waals surface area contributed by atoms with Crippen molar-refractivity contribution in [3.8, 4) is 17.2 Å². The van der Waals surface area contributed by atoms with E-state index in [2.05, 4.69) is 10.3 Å². The lowest BCUT2D eigenvalue weighted by Crippen LogP contribution is -2.38. The first-order valence-corrected chi connectivity index (χ1v) is 12.2. The number of para-hydroxylation sites is 1. The van der Waals surface area contributed by atoms with E-state index in [1.54, 1.807) is 14.0 Å². The van der Waals surface area contributed by atoms with Gasteiger partial charge in [0.05, 0.1) is 38.0 Å². The molecule has 3 aliphatic rings. The normalized spacial score (nSPS) is 17.9. The summed E-state index contributed by atoms with van der Waals surface area (Å²) in [6.45, 7) is 2.33. The van der Waals surface area contributed by atoms with Gasteiger partial charge in [0.25, 0.3) is 0 Å². The van der Waals surface area contributed by atoms with Crippen molar-refractivity contribution in [2.45, 2.75) is 25.9 Å². The molecule has 10 heteroatoms. The van der Waals surface area contributed by atoms with Crippen LogP contribution in [0.15, 0.2) is 69.8 Å². The van der Waals surface area contributed by atoms with Crippen molar-refractivity contribution in [3.05, 3.63) is 76.0 Å². The summed E-state index contributed by atoms with van der Waals surface area (Å²) in [5.74, 6) is 1.35. The molecule has 0 fully saturated rings. The Labute approximate surface area is 212 Å². The molecule has 0 bridgehead atoms. The van der Waals surface area contributed by atoms with Crippen molar-refractivity contribution < 1.29 is 28.5 Å². The third kappa shape index (κ3) is 4.39. The Hall–Kier alpha value is -3.92. The van der Waals surface area contributed by atoms with E-state index in [9.17, 15) is 9.59 Å². The van der Waals surface area contributed by atoms with Crippen LogP contribution >= 0.6 is 11.8 Å². The summed E-state index contributed by atoms with van der Waals surface area (Å²) in [7, 11) is 2.93. The van der Waals surface area contributed by atoms with Gasteiger partial charge in [-0.05, 0) is 36.1 Å². The molecule has 0 aromatic heterocycles. The van der Waals surface area contributed by atoms with Crippen molar-refractivity contribution in [1.29, 1.82) is 0 Å². The van der Waals surface area contributed by atoms with Crippen LogP contribution in [0.3, 0.4) is 0 Å². The van der Waals surface area contributed by atoms with Crippen molar-refractivity contribution in [2.24, 2.45) is 4.99 Å². The molecule has 1 amide bonds. The second kappa shape index (κ2) is 9.98. The summed E-state index contributed by atoms with van der Waals surface area (Å²) in [6.07, 6.45) is 0.107. The van der Waals surface area contributed by atoms with Crippen molar-refractivity contribution in [3.63, 3.8) is 0 Å². The van der Waals surface area contributed by atoms with Crippen molar-refractivity contribution in [1.82, 2.24) is 10.2 Å². The van der Waals surface area contributed by atoms with Gasteiger partial charge in [-0.3, -0.25) is 4.79 Å². The number of aliphatic imine (C=N–C) groups is 1. The number of amides is 1. The van der Waals surface area contributed by atoms with E-state index in [1.807, 2.05) is 52.8 Å². The minimum atomic E-state index is -0.552. The van der Waals surface area contributed by atoms with Gasteiger partial charge in [0.2, 0.25) is 12.7 Å². The zero-order chi connectivity index (χ0) is 25.2. The maximum Gasteiger partial charge on any atom is 0.338 e. The minimum Gasteiger partial charge on any atom is -0.496 e. The molecule has 0 saturated carbocycles. The van der Waals surface area contributed by atoms with Gasteiger partial charge < -0.3 is 29.2 Å². The highest BCUT2D eigenvalue weighted by molar-refractivity contribution is 8.16. The number of hydrogen-bond donors (Lipinski definition) is 1. The first-order valence-electron chi connectivity index (χ1n) is 11.3. The maximum absolute atomic E-state index is 13.0. The Morgan fingerprint density at radius 1 is 1.17 bits per heavy atom. The minimum absolute atomic E-state index is 0.107. The first kappa shape index (κ1) is 23.8. The Balaban J connectivity index is 1.38. The smallest absolute Gasteiger partial charge is 0.338 e. The molecule has 3 aliphatic heterocycles. The van der Waals surface area contributed by atoms with E-state index in [0.29, 0.717) is 40.2 Å². The molecule has 2 aromatic carbocycles. The molecule has 1 atom stereocenters. The topological polar surface area (TPSA) is 98.7 Å². The van der Waals surface area contributed by atoms with Gasteiger partial charge >= 0.3 is 5.97 Å². The molecule has 0 spiro atoms. The predicted molar refractivity (Wildman–Crippen MR) is 134 cm³/mol. The first-order chi connectivity index (χ1) is 17.5. The number of hydrogen-bond acceptors (Lipinski definition) is 9. The van der Waals surface area contributed by atoms with Gasteiger partial charge in [0.1, 0.15) is 5.75 Å². The average Bonchev–Trinajstić information content (AvgIpc) is 3.52. The molecule has 9 nitrogen and oxygen atoms in total. The molecule has 1 N–H and O–H groups in total. The molecule has 0 saturated heterocycles. The lowest BCUT2D eigenvalue weighted by atomic mass is 9.93. The highest BCUT2D eigenvalue weighted by Gasteiger charge is 2.42. The van der Waals surface area contributed by atoms with Crippen LogP contribution in [0.2, 0.25) is 0 Å². The van der Waals surface area contributed by atoms with Gasteiger partial charge in [0.15, 0.2) is 16.7 Å². The van der Waals surface area contributed by atoms with Crippen molar-refractivity contribution in [2.75, 3.05) is 21.0 Å². The molecule has 3 heterocycles. The standard InChI is InChI=1S/C26H25N3O6S/c1-15-23(25(31)33-3)24(18-6-4-5-7-19(18)32-2)29-17(13-36-26(29)28-15)11-22(30)27-12-16-8-9-20-21(10-16)35-14-34-20/h4-10,13,24H,11-12,14H2,1-3H3,(H,27,30). The number of amidine groups is 1. The van der Waals surface area contributed by atoms with Crippen LogP contribution in [-0.2, 0) is 20.9 Å². The van der Waals surface area contributed by atoms with Crippen molar-refractivity contribution >= 4 is 28.8 Å². The number of allylic oxidation sites excluding steroid dienone is 1. The number of benzene rings is 2. The number of ether oxygens (including phenoxy) is 4. The molecular formula is C26H25N3O6S. The number of esters is 1. The van der Waals surface area contributed by atoms with Gasteiger partial charge in [-0.1, -0.05) is 36.0 Å². The average molecular weight is 508 g/mol. The molecule has 36 heavy (non-hydrogen) atoms. The summed E-state index contributed by atoms with van der Waals surface area (Å²) in [5, 5.41) is 5.55. The number of carbonyl (C=O) groups is 2. The SMILES string of the molecule is COC(=O)C1=C(C)N=C2SC=C(CC(=O)NCc3ccc4c(c3)OCO4)N2C1c1ccccc1OC. The largest absolute Gasteiger partial charge is 0.496 e. The van der Waals surface area contributed by atoms with Gasteiger partial charge in [0, 0.05) is 17.8 Å². The zero-order valence-corrected chi connectivity index (χ0v) is 20.9. The second-order valence-electron chi connectivity index (χ2n) is 8.27. The Morgan fingerprint density at radius 3 is 2.78 bits per heavy atom. The molecule has 0 aliphatic carbocycles. The van der Waals surface area contributed by atoms with Crippen LogP contribution in [0.1, 0.15) is 30.5 Å². The lowest BCUT2D eigenvalue weighted by molar-refractivity contribution is -0.136. The van der Waals surface area contributed by atoms with Gasteiger partial charge in [-0.15, -0.1) is 0 Å². The fraction of sp³-hybridized carbons (Fsp3) is 0.269. The van der Waals surface area contributed by atoms with E-state index >= 15 is 0 Å². The van der Waals surface area contributed by atoms with Crippen LogP contribution in [0, 0.1) is 0 Å². The summed E-state index contributed by atoms with van der Waals surface area (Å²) < 4.78 is 21.5. The third-order valence-electron chi connectivity index (χ3n) is 6.11. The molecule has 2 aromatic rings. The zero-order valence-electron chi connectivity index (χ0n) is 20.1. The van der Waals surface area contributed by atoms with Gasteiger partial charge in [-0.2, -0.15) is 0 Å². The number of rotatable bonds is 7. The number of nitrogens with zero attached hydrogens (tertiary/aromatic N) is 2. The number of nitrogens with one attached hydrogen (secondary N) is 1. The van der Waals surface area contributed by atoms with Crippen LogP contribution < -0.4 is 19.5 Å². The Morgan fingerprint density at radius 2 is 1.97 bits per heavy atom. The van der Waals surface area contributed by atoms with E-state index < -0.39 is 12.0 Å². The fourth-order valence-corrected chi connectivity index (χ4v) is 5.37. The fourth-order valence-electron chi connectivity index (χ4n) is 4.41. The Bertz CT molecular complexity index is 1320. The number of methoxy groups -OCH3 is 2. The highest BCUT2D eigenvalue weighted by Crippen LogP contribution is 2.46. The molecule has 0 radical (unpaired) electrons. The van der Waals surface area contributed by atoms with Crippen LogP contribution in [0.4, 0.5) is 0 Å². The summed E-state index contributed by atoms with van der Waals surface area (Å²) in [5.41, 5.74) is 3.38. The molecule has 1 unspecified atom stereocenters. The van der Waals surface area contributed by atoms with Gasteiger partial charge in [-0.25, -0.2) is 9.79 Å². The summed E-state index contributed by atoms with van der Waals surface area (Å²) in [6, 6.07) is 12.5. The van der Waals surface area contributed by atoms with E-state index in [0.717, 1.165) is 16.8 Å². The number of carbonyl (C=O) groups excluding carboxylic acids is 2. The van der Waals surface area contributed by atoms with E-state index in [-0.39, 0.29) is 19.1 Å². The summed E-state index contributed by atoms with van der Waals surface area (Å²) in [4.78, 5) is 32.4. The Kier molecular flexibility index (Phi) is 6.60. The van der Waals surface area contributed by atoms with Crippen LogP contribution in [-0.4, -0.2) is 43.0 Å². The maximum atomic E-state index is 13.0. The predicted octanol–water partition coefficient (Wildman–Crippen LogP) is 3.88. The highest BCUT2D eigenvalue weighted by atomic mass is 32.2. The third-order valence-corrected chi connectivity index (χ3v) is 7.00. The summed E-state index contributed by atoms with van der Waals surface area (Å²) >= 11 is 1.42. The van der Waals surface area contributed by atoms with Crippen LogP contribution in [0.25, 0.3) is 0 Å². The molecule has 5 rings (SSSR count). The molecule has 186 valence electrons. The van der Waals surface area contributed by atoms with E-state index in [4.69, 9.17) is 18.9 Å². The quantitative estimate of drug-likeness (QED) is 0.564. The molecular weight excluding hydrogens is 482 g/mol. The monoisotopic (exact) mass is 507 g/mol. The van der Waals surface area contributed by atoms with E-state index in [1.165, 1.54) is 18.9 Å². The lowest BCUT2D eigenvalue weighted by Gasteiger charge is -2.36. The van der Waals surface area contributed by atoms with Crippen LogP contribution in [0.5, 0.6) is 17.2 Å². The number of thioether (sulfide) groups is 1. The number of fused-ring (bicyclic) bond motifs is 2.